The van der Waals surface area contributed by atoms with Gasteiger partial charge in [0.1, 0.15) is 0 Å². The number of rotatable bonds is 4. The van der Waals surface area contributed by atoms with Crippen molar-refractivity contribution in [3.05, 3.63) is 0 Å². The zero-order valence-electron chi connectivity index (χ0n) is 12.0. The van der Waals surface area contributed by atoms with E-state index in [1.807, 2.05) is 0 Å². The fraction of sp³-hybridized carbons (Fsp3) is 0.938. The van der Waals surface area contributed by atoms with E-state index >= 15 is 0 Å². The summed E-state index contributed by atoms with van der Waals surface area (Å²) in [5.74, 6) is 4.15. The summed E-state index contributed by atoms with van der Waals surface area (Å²) in [6.07, 6.45) is 7.72. The first-order valence-electron chi connectivity index (χ1n) is 8.35. The van der Waals surface area contributed by atoms with Gasteiger partial charge < -0.3 is 10.2 Å². The van der Waals surface area contributed by atoms with E-state index in [9.17, 15) is 4.79 Å². The second kappa shape index (κ2) is 4.47. The van der Waals surface area contributed by atoms with Gasteiger partial charge >= 0.3 is 0 Å². The average Bonchev–Trinajstić information content (AvgIpc) is 2.85. The van der Waals surface area contributed by atoms with Gasteiger partial charge in [-0.1, -0.05) is 6.92 Å². The first-order valence-corrected chi connectivity index (χ1v) is 8.35. The summed E-state index contributed by atoms with van der Waals surface area (Å²) in [6, 6.07) is 0.762. The summed E-state index contributed by atoms with van der Waals surface area (Å²) in [6.45, 7) is 4.17. The lowest BCUT2D eigenvalue weighted by Crippen LogP contribution is -2.52. The van der Waals surface area contributed by atoms with Gasteiger partial charge in [0, 0.05) is 12.6 Å². The van der Waals surface area contributed by atoms with Gasteiger partial charge in [-0.25, -0.2) is 0 Å². The molecule has 0 aromatic heterocycles. The summed E-state index contributed by atoms with van der Waals surface area (Å²) in [5, 5.41) is 3.45. The Morgan fingerprint density at radius 2 is 1.95 bits per heavy atom. The highest BCUT2D eigenvalue weighted by Crippen LogP contribution is 2.67. The largest absolute Gasteiger partial charge is 0.338 e. The third-order valence-electron chi connectivity index (χ3n) is 6.17. The number of hydrogen-bond donors (Lipinski definition) is 1. The number of likely N-dealkylation sites (tertiary alicyclic amines) is 1. The minimum atomic E-state index is 0.118. The Bertz CT molecular complexity index is 367. The van der Waals surface area contributed by atoms with Crippen molar-refractivity contribution in [2.75, 3.05) is 13.1 Å². The summed E-state index contributed by atoms with van der Waals surface area (Å²) in [4.78, 5) is 14.9. The van der Waals surface area contributed by atoms with Crippen molar-refractivity contribution in [1.29, 1.82) is 0 Å². The lowest BCUT2D eigenvalue weighted by atomic mass is 10.0. The number of nitrogens with zero attached hydrogens (tertiary/aromatic N) is 1. The SMILES string of the molecule is CCCNC1CCCN(C2C3C4CCC(C4)C32)C1=O. The molecule has 19 heavy (non-hydrogen) atoms. The molecule has 0 aromatic carbocycles. The van der Waals surface area contributed by atoms with Crippen LogP contribution < -0.4 is 5.32 Å². The molecule has 4 rings (SSSR count). The lowest BCUT2D eigenvalue weighted by Gasteiger charge is -2.34. The van der Waals surface area contributed by atoms with Crippen molar-refractivity contribution in [3.63, 3.8) is 0 Å². The minimum Gasteiger partial charge on any atom is -0.338 e. The molecule has 2 bridgehead atoms. The molecule has 3 aliphatic carbocycles. The van der Waals surface area contributed by atoms with Crippen LogP contribution in [0.3, 0.4) is 0 Å². The monoisotopic (exact) mass is 262 g/mol. The Morgan fingerprint density at radius 1 is 1.21 bits per heavy atom. The molecule has 0 aromatic rings. The molecular formula is C16H26N2O. The van der Waals surface area contributed by atoms with Crippen molar-refractivity contribution in [1.82, 2.24) is 10.2 Å². The first-order chi connectivity index (χ1) is 9.31. The van der Waals surface area contributed by atoms with E-state index in [0.29, 0.717) is 11.9 Å². The van der Waals surface area contributed by atoms with Crippen molar-refractivity contribution in [2.45, 2.75) is 57.5 Å². The van der Waals surface area contributed by atoms with Crippen LogP contribution in [0.5, 0.6) is 0 Å². The van der Waals surface area contributed by atoms with E-state index in [2.05, 4.69) is 17.1 Å². The summed E-state index contributed by atoms with van der Waals surface area (Å²) in [7, 11) is 0. The highest BCUT2D eigenvalue weighted by atomic mass is 16.2. The van der Waals surface area contributed by atoms with Crippen LogP contribution in [-0.4, -0.2) is 36.0 Å². The predicted octanol–water partition coefficient (Wildman–Crippen LogP) is 2.02. The van der Waals surface area contributed by atoms with Crippen LogP contribution in [0.2, 0.25) is 0 Å². The standard InChI is InChI=1S/C16H26N2O/c1-2-7-17-12-4-3-8-18(16(12)19)15-13-10-5-6-11(9-10)14(13)15/h10-15,17H,2-9H2,1H3. The second-order valence-corrected chi connectivity index (χ2v) is 7.16. The van der Waals surface area contributed by atoms with Crippen LogP contribution in [0.1, 0.15) is 45.4 Å². The van der Waals surface area contributed by atoms with Gasteiger partial charge in [-0.05, 0) is 68.7 Å². The Labute approximate surface area is 116 Å². The Balaban J connectivity index is 1.43. The number of amides is 1. The molecule has 1 N–H and O–H groups in total. The molecule has 1 saturated heterocycles. The summed E-state index contributed by atoms with van der Waals surface area (Å²) in [5.41, 5.74) is 0. The first kappa shape index (κ1) is 12.2. The summed E-state index contributed by atoms with van der Waals surface area (Å²) < 4.78 is 0. The van der Waals surface area contributed by atoms with Crippen molar-refractivity contribution < 1.29 is 4.79 Å². The van der Waals surface area contributed by atoms with Gasteiger partial charge in [-0.2, -0.15) is 0 Å². The van der Waals surface area contributed by atoms with Crippen molar-refractivity contribution in [3.8, 4) is 0 Å². The molecule has 3 heteroatoms. The number of nitrogens with one attached hydrogen (secondary N) is 1. The maximum atomic E-state index is 12.6. The van der Waals surface area contributed by atoms with Crippen molar-refractivity contribution in [2.24, 2.45) is 23.7 Å². The molecule has 4 aliphatic rings. The van der Waals surface area contributed by atoms with Gasteiger partial charge in [0.2, 0.25) is 5.91 Å². The molecule has 4 fully saturated rings. The zero-order valence-corrected chi connectivity index (χ0v) is 12.0. The number of carbonyl (C=O) groups excluding carboxylic acids is 1. The Hall–Kier alpha value is -0.570. The molecule has 5 atom stereocenters. The number of piperidine rings is 1. The minimum absolute atomic E-state index is 0.118. The quantitative estimate of drug-likeness (QED) is 0.840. The molecule has 1 heterocycles. The van der Waals surface area contributed by atoms with E-state index in [1.165, 1.54) is 25.7 Å². The lowest BCUT2D eigenvalue weighted by molar-refractivity contribution is -0.137. The van der Waals surface area contributed by atoms with Crippen LogP contribution >= 0.6 is 0 Å². The van der Waals surface area contributed by atoms with E-state index < -0.39 is 0 Å². The van der Waals surface area contributed by atoms with Gasteiger partial charge in [-0.15, -0.1) is 0 Å². The number of hydrogen-bond acceptors (Lipinski definition) is 2. The molecule has 1 amide bonds. The Kier molecular flexibility index (Phi) is 2.87. The fourth-order valence-electron chi connectivity index (χ4n) is 5.40. The molecule has 106 valence electrons. The van der Waals surface area contributed by atoms with E-state index in [0.717, 1.165) is 49.6 Å². The second-order valence-electron chi connectivity index (χ2n) is 7.16. The highest BCUT2D eigenvalue weighted by Gasteiger charge is 2.67. The zero-order chi connectivity index (χ0) is 13.0. The molecule has 0 spiro atoms. The Morgan fingerprint density at radius 3 is 2.63 bits per heavy atom. The molecule has 3 nitrogen and oxygen atoms in total. The highest BCUT2D eigenvalue weighted by molar-refractivity contribution is 5.83. The molecule has 5 unspecified atom stereocenters. The average molecular weight is 262 g/mol. The van der Waals surface area contributed by atoms with Crippen LogP contribution in [-0.2, 0) is 4.79 Å². The van der Waals surface area contributed by atoms with Gasteiger partial charge in [0.15, 0.2) is 0 Å². The number of carbonyl (C=O) groups is 1. The number of fused-ring (bicyclic) bond motifs is 5. The predicted molar refractivity (Wildman–Crippen MR) is 74.6 cm³/mol. The normalized spacial score (nSPS) is 47.6. The van der Waals surface area contributed by atoms with E-state index in [4.69, 9.17) is 0 Å². The molecule has 1 aliphatic heterocycles. The maximum Gasteiger partial charge on any atom is 0.239 e. The molecular weight excluding hydrogens is 236 g/mol. The topological polar surface area (TPSA) is 32.3 Å². The van der Waals surface area contributed by atoms with Crippen LogP contribution in [0, 0.1) is 23.7 Å². The van der Waals surface area contributed by atoms with E-state index in [-0.39, 0.29) is 6.04 Å². The van der Waals surface area contributed by atoms with Crippen LogP contribution in [0.15, 0.2) is 0 Å². The van der Waals surface area contributed by atoms with E-state index in [1.54, 1.807) is 0 Å². The third kappa shape index (κ3) is 1.77. The van der Waals surface area contributed by atoms with Crippen molar-refractivity contribution >= 4 is 5.91 Å². The summed E-state index contributed by atoms with van der Waals surface area (Å²) >= 11 is 0. The fourth-order valence-corrected chi connectivity index (χ4v) is 5.40. The van der Waals surface area contributed by atoms with Crippen LogP contribution in [0.4, 0.5) is 0 Å². The molecule has 0 radical (unpaired) electrons. The van der Waals surface area contributed by atoms with Gasteiger partial charge in [0.25, 0.3) is 0 Å². The maximum absolute atomic E-state index is 12.6. The third-order valence-corrected chi connectivity index (χ3v) is 6.17. The smallest absolute Gasteiger partial charge is 0.239 e. The van der Waals surface area contributed by atoms with Gasteiger partial charge in [-0.3, -0.25) is 4.79 Å². The van der Waals surface area contributed by atoms with Gasteiger partial charge in [0.05, 0.1) is 6.04 Å². The van der Waals surface area contributed by atoms with Crippen LogP contribution in [0.25, 0.3) is 0 Å². The molecule has 3 saturated carbocycles.